The first-order chi connectivity index (χ1) is 9.63. The van der Waals surface area contributed by atoms with E-state index in [2.05, 4.69) is 25.7 Å². The zero-order valence-corrected chi connectivity index (χ0v) is 11.7. The molecule has 1 aliphatic carbocycles. The van der Waals surface area contributed by atoms with Gasteiger partial charge in [-0.05, 0) is 24.4 Å². The lowest BCUT2D eigenvalue weighted by Gasteiger charge is -2.02. The summed E-state index contributed by atoms with van der Waals surface area (Å²) in [5.74, 6) is 0.403. The second-order valence-corrected chi connectivity index (χ2v) is 5.52. The highest BCUT2D eigenvalue weighted by molar-refractivity contribution is 6.29. The largest absolute Gasteiger partial charge is 0.383 e. The van der Waals surface area contributed by atoms with Crippen LogP contribution < -0.4 is 5.73 Å². The zero-order valence-electron chi connectivity index (χ0n) is 10.9. The molecular formula is C13H13ClN6. The van der Waals surface area contributed by atoms with Crippen LogP contribution in [0.2, 0.25) is 5.28 Å². The molecule has 7 heteroatoms. The molecular weight excluding hydrogens is 276 g/mol. The number of rotatable bonds is 2. The number of imidazole rings is 1. The molecule has 102 valence electrons. The molecule has 0 spiro atoms. The van der Waals surface area contributed by atoms with Gasteiger partial charge in [0.2, 0.25) is 5.28 Å². The van der Waals surface area contributed by atoms with Crippen molar-refractivity contribution < 1.29 is 0 Å². The van der Waals surface area contributed by atoms with E-state index in [9.17, 15) is 0 Å². The lowest BCUT2D eigenvalue weighted by Crippen LogP contribution is -1.98. The Kier molecular flexibility index (Phi) is 2.32. The molecule has 1 saturated carbocycles. The minimum atomic E-state index is 0.183. The monoisotopic (exact) mass is 288 g/mol. The number of halogens is 1. The fourth-order valence-corrected chi connectivity index (χ4v) is 2.70. The van der Waals surface area contributed by atoms with Gasteiger partial charge in [0.1, 0.15) is 11.5 Å². The maximum atomic E-state index is 6.05. The van der Waals surface area contributed by atoms with E-state index >= 15 is 0 Å². The first-order valence-electron chi connectivity index (χ1n) is 6.45. The average molecular weight is 289 g/mol. The van der Waals surface area contributed by atoms with Gasteiger partial charge in [0.15, 0.2) is 0 Å². The standard InChI is InChI=1S/C13H13ClN6/c1-19-5-9(16-6-19)8-4-20(7-2-3-7)12-10(8)11(15)17-13(14)18-12/h4-7H,2-3H2,1H3,(H2,15,17,18). The summed E-state index contributed by atoms with van der Waals surface area (Å²) in [6, 6.07) is 0.486. The minimum Gasteiger partial charge on any atom is -0.383 e. The van der Waals surface area contributed by atoms with Crippen molar-refractivity contribution in [3.05, 3.63) is 24.0 Å². The van der Waals surface area contributed by atoms with Gasteiger partial charge >= 0.3 is 0 Å². The molecule has 1 aliphatic rings. The van der Waals surface area contributed by atoms with Gasteiger partial charge in [-0.3, -0.25) is 0 Å². The van der Waals surface area contributed by atoms with Crippen LogP contribution >= 0.6 is 11.6 Å². The normalized spacial score (nSPS) is 15.1. The van der Waals surface area contributed by atoms with Crippen molar-refractivity contribution in [1.29, 1.82) is 0 Å². The van der Waals surface area contributed by atoms with Gasteiger partial charge in [-0.2, -0.15) is 4.98 Å². The molecule has 4 rings (SSSR count). The predicted molar refractivity (Wildman–Crippen MR) is 77.4 cm³/mol. The molecule has 0 unspecified atom stereocenters. The summed E-state index contributed by atoms with van der Waals surface area (Å²) >= 11 is 5.95. The fourth-order valence-electron chi connectivity index (χ4n) is 2.53. The topological polar surface area (TPSA) is 74.5 Å². The molecule has 1 fully saturated rings. The second-order valence-electron chi connectivity index (χ2n) is 5.18. The number of nitrogens with zero attached hydrogens (tertiary/aromatic N) is 5. The van der Waals surface area contributed by atoms with Gasteiger partial charge in [-0.15, -0.1) is 0 Å². The molecule has 3 aromatic heterocycles. The van der Waals surface area contributed by atoms with Crippen LogP contribution in [0.25, 0.3) is 22.3 Å². The van der Waals surface area contributed by atoms with E-state index in [0.29, 0.717) is 11.9 Å². The third kappa shape index (κ3) is 1.68. The molecule has 0 amide bonds. The smallest absolute Gasteiger partial charge is 0.226 e. The summed E-state index contributed by atoms with van der Waals surface area (Å²) in [6.45, 7) is 0. The predicted octanol–water partition coefficient (Wildman–Crippen LogP) is 2.40. The highest BCUT2D eigenvalue weighted by atomic mass is 35.5. The number of hydrogen-bond acceptors (Lipinski definition) is 4. The van der Waals surface area contributed by atoms with Crippen molar-refractivity contribution in [2.45, 2.75) is 18.9 Å². The summed E-state index contributed by atoms with van der Waals surface area (Å²) in [6.07, 6.45) is 8.11. The number of aryl methyl sites for hydroxylation is 1. The van der Waals surface area contributed by atoms with Gasteiger partial charge in [0.05, 0.1) is 17.4 Å². The minimum absolute atomic E-state index is 0.183. The molecule has 3 heterocycles. The lowest BCUT2D eigenvalue weighted by molar-refractivity contribution is 0.766. The van der Waals surface area contributed by atoms with E-state index in [1.165, 1.54) is 0 Å². The van der Waals surface area contributed by atoms with Gasteiger partial charge < -0.3 is 14.9 Å². The van der Waals surface area contributed by atoms with Crippen LogP contribution in [0.15, 0.2) is 18.7 Å². The van der Waals surface area contributed by atoms with Crippen molar-refractivity contribution in [2.75, 3.05) is 5.73 Å². The molecule has 0 aliphatic heterocycles. The molecule has 0 bridgehead atoms. The van der Waals surface area contributed by atoms with Crippen molar-refractivity contribution in [3.63, 3.8) is 0 Å². The second kappa shape index (κ2) is 3.96. The molecule has 6 nitrogen and oxygen atoms in total. The number of nitrogen functional groups attached to an aromatic ring is 1. The van der Waals surface area contributed by atoms with Crippen molar-refractivity contribution >= 4 is 28.5 Å². The van der Waals surface area contributed by atoms with Crippen LogP contribution in [0.3, 0.4) is 0 Å². The quantitative estimate of drug-likeness (QED) is 0.735. The molecule has 3 aromatic rings. The summed E-state index contributed by atoms with van der Waals surface area (Å²) in [7, 11) is 1.94. The van der Waals surface area contributed by atoms with Gasteiger partial charge in [0.25, 0.3) is 0 Å². The first-order valence-corrected chi connectivity index (χ1v) is 6.83. The fraction of sp³-hybridized carbons (Fsp3) is 0.308. The Morgan fingerprint density at radius 3 is 2.75 bits per heavy atom. The van der Waals surface area contributed by atoms with E-state index in [1.807, 2.05) is 17.8 Å². The maximum Gasteiger partial charge on any atom is 0.226 e. The van der Waals surface area contributed by atoms with E-state index < -0.39 is 0 Å². The Labute approximate surface area is 120 Å². The maximum absolute atomic E-state index is 6.05. The molecule has 0 atom stereocenters. The number of anilines is 1. The van der Waals surface area contributed by atoms with Crippen molar-refractivity contribution in [1.82, 2.24) is 24.1 Å². The van der Waals surface area contributed by atoms with Gasteiger partial charge in [-0.25, -0.2) is 9.97 Å². The van der Waals surface area contributed by atoms with E-state index in [0.717, 1.165) is 35.1 Å². The number of hydrogen-bond donors (Lipinski definition) is 1. The van der Waals surface area contributed by atoms with Crippen molar-refractivity contribution in [3.8, 4) is 11.3 Å². The first kappa shape index (κ1) is 11.7. The van der Waals surface area contributed by atoms with Crippen LogP contribution in [0, 0.1) is 0 Å². The summed E-state index contributed by atoms with van der Waals surface area (Å²) in [5.41, 5.74) is 8.68. The zero-order chi connectivity index (χ0) is 13.9. The lowest BCUT2D eigenvalue weighted by atomic mass is 10.2. The van der Waals surface area contributed by atoms with E-state index in [1.54, 1.807) is 6.33 Å². The van der Waals surface area contributed by atoms with Crippen LogP contribution in [-0.4, -0.2) is 24.1 Å². The highest BCUT2D eigenvalue weighted by Crippen LogP contribution is 2.41. The van der Waals surface area contributed by atoms with Crippen LogP contribution in [0.4, 0.5) is 5.82 Å². The van der Waals surface area contributed by atoms with Gasteiger partial charge in [0, 0.05) is 31.0 Å². The van der Waals surface area contributed by atoms with Crippen LogP contribution in [0.5, 0.6) is 0 Å². The van der Waals surface area contributed by atoms with Crippen LogP contribution in [0.1, 0.15) is 18.9 Å². The van der Waals surface area contributed by atoms with Crippen molar-refractivity contribution in [2.24, 2.45) is 7.05 Å². The summed E-state index contributed by atoms with van der Waals surface area (Å²) in [4.78, 5) is 12.8. The third-order valence-corrected chi connectivity index (χ3v) is 3.76. The molecule has 20 heavy (non-hydrogen) atoms. The molecule has 2 N–H and O–H groups in total. The Morgan fingerprint density at radius 2 is 2.10 bits per heavy atom. The van der Waals surface area contributed by atoms with E-state index in [-0.39, 0.29) is 5.28 Å². The Bertz CT molecular complexity index is 814. The summed E-state index contributed by atoms with van der Waals surface area (Å²) in [5, 5.41) is 1.02. The van der Waals surface area contributed by atoms with Crippen LogP contribution in [-0.2, 0) is 7.05 Å². The Hall–Kier alpha value is -2.08. The molecule has 0 radical (unpaired) electrons. The highest BCUT2D eigenvalue weighted by Gasteiger charge is 2.28. The SMILES string of the molecule is Cn1cnc(-c2cn(C3CC3)c3nc(Cl)nc(N)c23)c1. The number of fused-ring (bicyclic) bond motifs is 1. The van der Waals surface area contributed by atoms with Gasteiger partial charge in [-0.1, -0.05) is 0 Å². The number of nitrogens with two attached hydrogens (primary N) is 1. The molecule has 0 aromatic carbocycles. The molecule has 0 saturated heterocycles. The Balaban J connectivity index is 2.05. The van der Waals surface area contributed by atoms with E-state index in [4.69, 9.17) is 17.3 Å². The number of aromatic nitrogens is 5. The summed E-state index contributed by atoms with van der Waals surface area (Å²) < 4.78 is 4.05. The third-order valence-electron chi connectivity index (χ3n) is 3.59. The Morgan fingerprint density at radius 1 is 1.30 bits per heavy atom. The average Bonchev–Trinajstić information content (AvgIpc) is 3.03.